The molecular formula is C26H21N5O2. The van der Waals surface area contributed by atoms with Crippen LogP contribution in [0.5, 0.6) is 11.5 Å². The summed E-state index contributed by atoms with van der Waals surface area (Å²) in [5.74, 6) is 6.68. The van der Waals surface area contributed by atoms with Crippen LogP contribution < -0.4 is 15.8 Å². The molecular weight excluding hydrogens is 414 g/mol. The summed E-state index contributed by atoms with van der Waals surface area (Å²) < 4.78 is 7.96. The summed E-state index contributed by atoms with van der Waals surface area (Å²) in [4.78, 5) is 20.8. The van der Waals surface area contributed by atoms with Gasteiger partial charge in [0, 0.05) is 12.1 Å². The molecule has 3 heterocycles. The molecule has 0 spiro atoms. The number of nitrogens with two attached hydrogens (primary N) is 1. The van der Waals surface area contributed by atoms with Gasteiger partial charge in [0.1, 0.15) is 29.3 Å². The Morgan fingerprint density at radius 3 is 2.61 bits per heavy atom. The van der Waals surface area contributed by atoms with Crippen molar-refractivity contribution in [1.82, 2.24) is 19.9 Å². The first-order valence-corrected chi connectivity index (χ1v) is 10.4. The summed E-state index contributed by atoms with van der Waals surface area (Å²) in [6.45, 7) is 6.40. The Labute approximate surface area is 190 Å². The smallest absolute Gasteiger partial charge is 0.296 e. The number of rotatable bonds is 4. The lowest BCUT2D eigenvalue weighted by molar-refractivity contribution is -0.116. The summed E-state index contributed by atoms with van der Waals surface area (Å²) in [6.07, 6.45) is 1.45. The van der Waals surface area contributed by atoms with Crippen molar-refractivity contribution in [1.29, 1.82) is 0 Å². The number of fused-ring (bicyclic) bond motifs is 3. The Bertz CT molecular complexity index is 1440. The van der Waals surface area contributed by atoms with E-state index in [2.05, 4.69) is 33.7 Å². The molecule has 2 aromatic heterocycles. The predicted octanol–water partition coefficient (Wildman–Crippen LogP) is 4.01. The molecule has 0 fully saturated rings. The molecule has 0 bridgehead atoms. The van der Waals surface area contributed by atoms with Crippen LogP contribution in [0, 0.1) is 11.8 Å². The van der Waals surface area contributed by atoms with E-state index in [1.54, 1.807) is 6.92 Å². The largest absolute Gasteiger partial charge is 0.457 e. The first-order chi connectivity index (χ1) is 16.1. The monoisotopic (exact) mass is 435 g/mol. The zero-order chi connectivity index (χ0) is 22.9. The maximum atomic E-state index is 12.1. The topological polar surface area (TPSA) is 95.1 Å². The number of nitrogens with one attached hydrogen (secondary N) is 1. The van der Waals surface area contributed by atoms with Crippen LogP contribution >= 0.6 is 0 Å². The van der Waals surface area contributed by atoms with Gasteiger partial charge >= 0.3 is 0 Å². The molecule has 5 rings (SSSR count). The SMILES string of the molecule is C=C1c2c(-c3ccc(Oc4ccccc4)cc3)c3c(N)ncnc3n2CC1NC(=O)C#CC. The number of benzene rings is 2. The summed E-state index contributed by atoms with van der Waals surface area (Å²) in [5.41, 5.74) is 10.5. The van der Waals surface area contributed by atoms with Crippen molar-refractivity contribution in [3.63, 3.8) is 0 Å². The number of carbonyl (C=O) groups excluding carboxylic acids is 1. The quantitative estimate of drug-likeness (QED) is 0.473. The van der Waals surface area contributed by atoms with E-state index in [0.29, 0.717) is 18.0 Å². The average Bonchev–Trinajstić information content (AvgIpc) is 3.31. The van der Waals surface area contributed by atoms with E-state index in [9.17, 15) is 4.79 Å². The van der Waals surface area contributed by atoms with E-state index in [1.165, 1.54) is 6.33 Å². The number of nitrogen functional groups attached to an aromatic ring is 1. The maximum Gasteiger partial charge on any atom is 0.296 e. The van der Waals surface area contributed by atoms with Gasteiger partial charge in [0.25, 0.3) is 5.91 Å². The van der Waals surface area contributed by atoms with Crippen LogP contribution in [0.2, 0.25) is 0 Å². The fourth-order valence-electron chi connectivity index (χ4n) is 4.20. The molecule has 1 aliphatic heterocycles. The molecule has 162 valence electrons. The van der Waals surface area contributed by atoms with Crippen LogP contribution in [0.3, 0.4) is 0 Å². The predicted molar refractivity (Wildman–Crippen MR) is 128 cm³/mol. The number of hydrogen-bond acceptors (Lipinski definition) is 5. The molecule has 0 aliphatic carbocycles. The van der Waals surface area contributed by atoms with Gasteiger partial charge in [-0.1, -0.05) is 42.8 Å². The van der Waals surface area contributed by atoms with Crippen LogP contribution in [-0.2, 0) is 11.3 Å². The van der Waals surface area contributed by atoms with Gasteiger partial charge in [0.15, 0.2) is 0 Å². The van der Waals surface area contributed by atoms with Gasteiger partial charge < -0.3 is 20.4 Å². The highest BCUT2D eigenvalue weighted by atomic mass is 16.5. The second kappa shape index (κ2) is 8.17. The Morgan fingerprint density at radius 1 is 1.15 bits per heavy atom. The first-order valence-electron chi connectivity index (χ1n) is 10.4. The molecule has 1 aliphatic rings. The molecule has 33 heavy (non-hydrogen) atoms. The van der Waals surface area contributed by atoms with Crippen molar-refractivity contribution in [2.75, 3.05) is 5.73 Å². The Balaban J connectivity index is 1.57. The highest BCUT2D eigenvalue weighted by Crippen LogP contribution is 2.44. The molecule has 2 aromatic carbocycles. The van der Waals surface area contributed by atoms with Crippen molar-refractivity contribution in [3.05, 3.63) is 73.2 Å². The molecule has 1 atom stereocenters. The van der Waals surface area contributed by atoms with E-state index in [1.807, 2.05) is 59.2 Å². The normalized spacial score (nSPS) is 14.5. The lowest BCUT2D eigenvalue weighted by Gasteiger charge is -2.13. The van der Waals surface area contributed by atoms with Crippen molar-refractivity contribution >= 4 is 28.3 Å². The van der Waals surface area contributed by atoms with Gasteiger partial charge in [0.2, 0.25) is 0 Å². The molecule has 1 unspecified atom stereocenters. The third-order valence-corrected chi connectivity index (χ3v) is 5.62. The highest BCUT2D eigenvalue weighted by molar-refractivity contribution is 6.07. The average molecular weight is 435 g/mol. The number of ether oxygens (including phenoxy) is 1. The Morgan fingerprint density at radius 2 is 1.88 bits per heavy atom. The van der Waals surface area contributed by atoms with Gasteiger partial charge in [-0.2, -0.15) is 0 Å². The minimum atomic E-state index is -0.336. The zero-order valence-corrected chi connectivity index (χ0v) is 18.0. The van der Waals surface area contributed by atoms with Crippen LogP contribution in [0.15, 0.2) is 67.5 Å². The molecule has 4 aromatic rings. The second-order valence-corrected chi connectivity index (χ2v) is 7.66. The summed E-state index contributed by atoms with van der Waals surface area (Å²) >= 11 is 0. The van der Waals surface area contributed by atoms with Gasteiger partial charge in [0.05, 0.1) is 17.1 Å². The van der Waals surface area contributed by atoms with E-state index < -0.39 is 0 Å². The van der Waals surface area contributed by atoms with Gasteiger partial charge in [-0.05, 0) is 48.2 Å². The highest BCUT2D eigenvalue weighted by Gasteiger charge is 2.34. The molecule has 0 saturated heterocycles. The van der Waals surface area contributed by atoms with Gasteiger partial charge in [-0.15, -0.1) is 0 Å². The molecule has 0 radical (unpaired) electrons. The van der Waals surface area contributed by atoms with Crippen molar-refractivity contribution in [3.8, 4) is 34.5 Å². The minimum absolute atomic E-state index is 0.284. The lowest BCUT2D eigenvalue weighted by Crippen LogP contribution is -2.34. The van der Waals surface area contributed by atoms with E-state index in [4.69, 9.17) is 10.5 Å². The number of nitrogens with zero attached hydrogens (tertiary/aromatic N) is 3. The summed E-state index contributed by atoms with van der Waals surface area (Å²) in [7, 11) is 0. The minimum Gasteiger partial charge on any atom is -0.457 e. The molecule has 1 amide bonds. The molecule has 7 nitrogen and oxygen atoms in total. The number of aromatic nitrogens is 3. The lowest BCUT2D eigenvalue weighted by atomic mass is 9.97. The van der Waals surface area contributed by atoms with E-state index in [0.717, 1.165) is 39.3 Å². The van der Waals surface area contributed by atoms with Crippen molar-refractivity contribution < 1.29 is 9.53 Å². The fraction of sp³-hybridized carbons (Fsp3) is 0.115. The molecule has 3 N–H and O–H groups in total. The van der Waals surface area contributed by atoms with Crippen LogP contribution in [0.4, 0.5) is 5.82 Å². The van der Waals surface area contributed by atoms with Crippen LogP contribution in [0.25, 0.3) is 27.7 Å². The van der Waals surface area contributed by atoms with Crippen molar-refractivity contribution in [2.24, 2.45) is 0 Å². The van der Waals surface area contributed by atoms with E-state index >= 15 is 0 Å². The van der Waals surface area contributed by atoms with Crippen LogP contribution in [0.1, 0.15) is 12.6 Å². The Kier molecular flexibility index (Phi) is 5.04. The second-order valence-electron chi connectivity index (χ2n) is 7.66. The fourth-order valence-corrected chi connectivity index (χ4v) is 4.20. The number of para-hydroxylation sites is 1. The third-order valence-electron chi connectivity index (χ3n) is 5.62. The maximum absolute atomic E-state index is 12.1. The first kappa shape index (κ1) is 20.3. The number of amides is 1. The van der Waals surface area contributed by atoms with Crippen LogP contribution in [-0.4, -0.2) is 26.5 Å². The van der Waals surface area contributed by atoms with E-state index in [-0.39, 0.29) is 11.9 Å². The summed E-state index contributed by atoms with van der Waals surface area (Å²) in [5, 5.41) is 3.70. The summed E-state index contributed by atoms with van der Waals surface area (Å²) in [6, 6.07) is 17.1. The zero-order valence-electron chi connectivity index (χ0n) is 18.0. The van der Waals surface area contributed by atoms with Gasteiger partial charge in [-0.25, -0.2) is 9.97 Å². The number of hydrogen-bond donors (Lipinski definition) is 2. The Hall–Kier alpha value is -4.57. The third kappa shape index (κ3) is 3.58. The van der Waals surface area contributed by atoms with Gasteiger partial charge in [-0.3, -0.25) is 4.79 Å². The molecule has 0 saturated carbocycles. The number of anilines is 1. The molecule has 7 heteroatoms. The number of carbonyl (C=O) groups is 1. The van der Waals surface area contributed by atoms with Crippen molar-refractivity contribution in [2.45, 2.75) is 19.5 Å². The standard InChI is InChI=1S/C26H21N5O2/c1-3-7-21(32)30-20-14-31-24(16(20)2)22(23-25(27)28-15-29-26(23)31)17-10-12-19(13-11-17)33-18-8-5-4-6-9-18/h4-6,8-13,15,20H,2,14H2,1H3,(H,30,32)(H2,27,28,29).